The molecular formula is C45H42N8O2. The summed E-state index contributed by atoms with van der Waals surface area (Å²) in [6.07, 6.45) is 0. The van der Waals surface area contributed by atoms with Gasteiger partial charge in [-0.1, -0.05) is 111 Å². The van der Waals surface area contributed by atoms with Crippen molar-refractivity contribution in [1.29, 1.82) is 0 Å². The number of hydrogen-bond acceptors (Lipinski definition) is 7. The normalized spacial score (nSPS) is 13.0. The van der Waals surface area contributed by atoms with Crippen LogP contribution in [0.5, 0.6) is 0 Å². The fraction of sp³-hybridized carbons (Fsp3) is 0.267. The smallest absolute Gasteiger partial charge is 0.335 e. The van der Waals surface area contributed by atoms with Gasteiger partial charge in [0.05, 0.1) is 5.56 Å². The molecule has 0 amide bonds. The Bertz CT molecular complexity index is 2970. The number of rotatable bonds is 1. The third-order valence-electron chi connectivity index (χ3n) is 10.6. The fourth-order valence-corrected chi connectivity index (χ4v) is 7.74. The number of nitrogens with one attached hydrogen (secondary N) is 2. The first-order chi connectivity index (χ1) is 26.0. The molecule has 3 N–H and O–H groups in total. The predicted octanol–water partition coefficient (Wildman–Crippen LogP) is 10.5. The maximum Gasteiger partial charge on any atom is 0.335 e. The maximum atomic E-state index is 12.2. The van der Waals surface area contributed by atoms with Crippen LogP contribution in [0.15, 0.2) is 72.8 Å². The summed E-state index contributed by atoms with van der Waals surface area (Å²) in [6.45, 7) is 19.7. The number of aromatic nitrogens is 8. The van der Waals surface area contributed by atoms with E-state index in [0.717, 1.165) is 49.4 Å². The monoisotopic (exact) mass is 726 g/mol. The minimum absolute atomic E-state index is 0.114. The van der Waals surface area contributed by atoms with Gasteiger partial charge in [0.2, 0.25) is 0 Å². The Morgan fingerprint density at radius 1 is 0.509 bits per heavy atom. The minimum Gasteiger partial charge on any atom is -0.478 e. The number of aromatic carboxylic acids is 1. The molecule has 0 radical (unpaired) electrons. The summed E-state index contributed by atoms with van der Waals surface area (Å²) in [5.74, 6) is 0.847. The lowest BCUT2D eigenvalue weighted by Crippen LogP contribution is -2.12. The van der Waals surface area contributed by atoms with Gasteiger partial charge in [0.1, 0.15) is 22.6 Å². The Labute approximate surface area is 318 Å². The molecule has 0 unspecified atom stereocenters. The first kappa shape index (κ1) is 34.5. The Hall–Kier alpha value is -6.29. The Morgan fingerprint density at radius 3 is 1.80 bits per heavy atom. The second-order valence-corrected chi connectivity index (χ2v) is 17.6. The quantitative estimate of drug-likeness (QED) is 0.151. The number of carboxylic acid groups (broad SMARTS) is 1. The van der Waals surface area contributed by atoms with Crippen molar-refractivity contribution in [2.75, 3.05) is 0 Å². The molecule has 2 aliphatic heterocycles. The van der Waals surface area contributed by atoms with Crippen molar-refractivity contribution in [1.82, 2.24) is 39.9 Å². The van der Waals surface area contributed by atoms with Gasteiger partial charge in [-0.3, -0.25) is 0 Å². The van der Waals surface area contributed by atoms with E-state index in [1.165, 1.54) is 0 Å². The van der Waals surface area contributed by atoms with E-state index in [9.17, 15) is 9.90 Å². The zero-order valence-electron chi connectivity index (χ0n) is 32.5. The molecule has 0 saturated carbocycles. The molecule has 0 fully saturated rings. The second kappa shape index (κ2) is 11.6. The summed E-state index contributed by atoms with van der Waals surface area (Å²) in [6, 6.07) is 23.8. The van der Waals surface area contributed by atoms with Gasteiger partial charge < -0.3 is 15.1 Å². The summed E-state index contributed by atoms with van der Waals surface area (Å²) in [4.78, 5) is 50.4. The van der Waals surface area contributed by atoms with Crippen LogP contribution in [0, 0.1) is 0 Å². The molecule has 0 spiro atoms. The number of carboxylic acids is 1. The summed E-state index contributed by atoms with van der Waals surface area (Å²) in [5.41, 5.74) is 8.44. The van der Waals surface area contributed by atoms with E-state index in [2.05, 4.69) is 115 Å². The van der Waals surface area contributed by atoms with E-state index in [4.69, 9.17) is 29.9 Å². The van der Waals surface area contributed by atoms with Crippen molar-refractivity contribution >= 4 is 50.1 Å². The SMILES string of the molecule is CC(C)(C)c1ccc2c3nc4nc(nc5[nH]c(nc6nc(nc([nH]3)c2c1)-c1c-6cccc1C(C)(C)C)c1c(C(C)(C)C)cccc51)-c1cc(C(=O)O)ccc1-4. The van der Waals surface area contributed by atoms with E-state index >= 15 is 0 Å². The Morgan fingerprint density at radius 2 is 1.09 bits per heavy atom. The van der Waals surface area contributed by atoms with E-state index < -0.39 is 5.97 Å². The van der Waals surface area contributed by atoms with Gasteiger partial charge in [0, 0.05) is 43.8 Å². The molecule has 10 nitrogen and oxygen atoms in total. The third-order valence-corrected chi connectivity index (χ3v) is 10.6. The standard InChI is InChI=1S/C45H42N8O2/c1-43(2,3)23-17-19-25-29(21-23)39-48-35(25)46-34-24-18-16-22(42(54)55)20-28(24)38(47-34)49-36-26-12-10-14-30(44(4,5)6)32(26)40(50-36)51-37-27-13-11-15-31(45(7,8)9)33(27)41(52-37)53-39/h10-21H,1-9H3,(H,54,55)(H2,46,47,48,49,50,51,52,53). The number of aromatic amines is 2. The lowest BCUT2D eigenvalue weighted by Gasteiger charge is -2.22. The van der Waals surface area contributed by atoms with Crippen LogP contribution in [-0.4, -0.2) is 50.9 Å². The molecule has 0 aliphatic carbocycles. The first-order valence-corrected chi connectivity index (χ1v) is 18.6. The van der Waals surface area contributed by atoms with Crippen LogP contribution in [0.3, 0.4) is 0 Å². The van der Waals surface area contributed by atoms with Crippen LogP contribution in [0.25, 0.3) is 89.7 Å². The van der Waals surface area contributed by atoms with Crippen molar-refractivity contribution in [2.45, 2.75) is 78.6 Å². The van der Waals surface area contributed by atoms with E-state index in [-0.39, 0.29) is 21.8 Å². The molecular weight excluding hydrogens is 685 g/mol. The summed E-state index contributed by atoms with van der Waals surface area (Å²) < 4.78 is 0. The van der Waals surface area contributed by atoms with Crippen LogP contribution < -0.4 is 0 Å². The van der Waals surface area contributed by atoms with Crippen molar-refractivity contribution in [2.24, 2.45) is 0 Å². The zero-order chi connectivity index (χ0) is 38.8. The van der Waals surface area contributed by atoms with Gasteiger partial charge in [-0.15, -0.1) is 0 Å². The van der Waals surface area contributed by atoms with Gasteiger partial charge in [-0.2, -0.15) is 0 Å². The largest absolute Gasteiger partial charge is 0.478 e. The van der Waals surface area contributed by atoms with Gasteiger partial charge in [0.25, 0.3) is 0 Å². The molecule has 8 bridgehead atoms. The maximum absolute atomic E-state index is 12.2. The second-order valence-electron chi connectivity index (χ2n) is 17.6. The number of benzene rings is 4. The van der Waals surface area contributed by atoms with Crippen LogP contribution in [-0.2, 0) is 16.2 Å². The molecule has 55 heavy (non-hydrogen) atoms. The van der Waals surface area contributed by atoms with Crippen molar-refractivity contribution < 1.29 is 9.90 Å². The highest BCUT2D eigenvalue weighted by molar-refractivity contribution is 6.08. The molecule has 274 valence electrons. The third kappa shape index (κ3) is 5.58. The minimum atomic E-state index is -1.04. The molecule has 9 rings (SSSR count). The van der Waals surface area contributed by atoms with Crippen LogP contribution in [0.4, 0.5) is 0 Å². The first-order valence-electron chi connectivity index (χ1n) is 18.6. The van der Waals surface area contributed by atoms with E-state index in [1.54, 1.807) is 18.2 Å². The summed E-state index contributed by atoms with van der Waals surface area (Å²) in [5, 5.41) is 13.5. The molecule has 2 aliphatic rings. The highest BCUT2D eigenvalue weighted by Crippen LogP contribution is 2.43. The van der Waals surface area contributed by atoms with Crippen LogP contribution in [0.2, 0.25) is 0 Å². The average molecular weight is 727 g/mol. The van der Waals surface area contributed by atoms with Crippen molar-refractivity contribution in [3.63, 3.8) is 0 Å². The van der Waals surface area contributed by atoms with Crippen molar-refractivity contribution in [3.05, 3.63) is 95.1 Å². The molecule has 3 aromatic heterocycles. The molecule has 7 aromatic rings. The lowest BCUT2D eigenvalue weighted by molar-refractivity contribution is 0.0697. The van der Waals surface area contributed by atoms with Gasteiger partial charge in [-0.25, -0.2) is 34.7 Å². The topological polar surface area (TPSA) is 146 Å². The number of carbonyl (C=O) groups is 1. The van der Waals surface area contributed by atoms with Gasteiger partial charge in [0.15, 0.2) is 23.3 Å². The summed E-state index contributed by atoms with van der Waals surface area (Å²) in [7, 11) is 0. The molecule has 4 aromatic carbocycles. The number of H-pyrrole nitrogens is 2. The van der Waals surface area contributed by atoms with E-state index in [1.807, 2.05) is 12.1 Å². The van der Waals surface area contributed by atoms with Crippen LogP contribution in [0.1, 0.15) is 89.4 Å². The number of nitrogens with zero attached hydrogens (tertiary/aromatic N) is 6. The fourth-order valence-electron chi connectivity index (χ4n) is 7.74. The lowest BCUT2D eigenvalue weighted by atomic mass is 9.82. The van der Waals surface area contributed by atoms with E-state index in [0.29, 0.717) is 57.0 Å². The number of fused-ring (bicyclic) bond motifs is 20. The van der Waals surface area contributed by atoms with Gasteiger partial charge in [-0.05, 0) is 57.2 Å². The average Bonchev–Trinajstić information content (AvgIpc) is 3.85. The Kier molecular flexibility index (Phi) is 7.27. The molecule has 0 saturated heterocycles. The zero-order valence-corrected chi connectivity index (χ0v) is 32.5. The predicted molar refractivity (Wildman–Crippen MR) is 219 cm³/mol. The highest BCUT2D eigenvalue weighted by atomic mass is 16.4. The molecule has 5 heterocycles. The van der Waals surface area contributed by atoms with Crippen LogP contribution >= 0.6 is 0 Å². The number of hydrogen-bond donors (Lipinski definition) is 3. The highest BCUT2D eigenvalue weighted by Gasteiger charge is 2.29. The molecule has 0 atom stereocenters. The molecule has 10 heteroatoms. The van der Waals surface area contributed by atoms with Gasteiger partial charge >= 0.3 is 5.97 Å². The summed E-state index contributed by atoms with van der Waals surface area (Å²) >= 11 is 0. The van der Waals surface area contributed by atoms with Crippen molar-refractivity contribution in [3.8, 4) is 45.6 Å². The Balaban J connectivity index is 1.52.